The average molecular weight is 279 g/mol. The molecule has 0 aliphatic carbocycles. The van der Waals surface area contributed by atoms with Crippen molar-refractivity contribution in [3.8, 4) is 5.88 Å². The van der Waals surface area contributed by atoms with Gasteiger partial charge in [-0.2, -0.15) is 0 Å². The summed E-state index contributed by atoms with van der Waals surface area (Å²) < 4.78 is 6.00. The monoisotopic (exact) mass is 279 g/mol. The summed E-state index contributed by atoms with van der Waals surface area (Å²) in [5.74, 6) is 2.55. The van der Waals surface area contributed by atoms with Crippen LogP contribution in [-0.4, -0.2) is 23.6 Å². The smallest absolute Gasteiger partial charge is 0.222 e. The zero-order valence-electron chi connectivity index (χ0n) is 13.6. The molecule has 0 amide bonds. The fourth-order valence-corrected chi connectivity index (χ4v) is 2.31. The van der Waals surface area contributed by atoms with E-state index in [1.807, 2.05) is 7.05 Å². The maximum Gasteiger partial charge on any atom is 0.222 e. The van der Waals surface area contributed by atoms with Crippen molar-refractivity contribution < 1.29 is 4.74 Å². The number of rotatable bonds is 9. The highest BCUT2D eigenvalue weighted by Gasteiger charge is 2.16. The number of hydrogen-bond acceptors (Lipinski definition) is 4. The van der Waals surface area contributed by atoms with E-state index in [0.717, 1.165) is 30.3 Å². The van der Waals surface area contributed by atoms with Crippen molar-refractivity contribution in [2.45, 2.75) is 59.3 Å². The number of anilines is 1. The van der Waals surface area contributed by atoms with Gasteiger partial charge in [-0.1, -0.05) is 47.0 Å². The minimum Gasteiger partial charge on any atom is -0.477 e. The summed E-state index contributed by atoms with van der Waals surface area (Å²) in [5, 5.41) is 3.12. The highest BCUT2D eigenvalue weighted by Crippen LogP contribution is 2.30. The molecule has 20 heavy (non-hydrogen) atoms. The fraction of sp³-hybridized carbons (Fsp3) is 0.750. The van der Waals surface area contributed by atoms with Crippen molar-refractivity contribution in [2.75, 3.05) is 19.0 Å². The molecule has 0 aliphatic rings. The number of ether oxygens (including phenoxy) is 1. The first kappa shape index (κ1) is 16.7. The first-order valence-electron chi connectivity index (χ1n) is 7.79. The maximum atomic E-state index is 6.00. The van der Waals surface area contributed by atoms with E-state index in [1.54, 1.807) is 6.33 Å². The van der Waals surface area contributed by atoms with Gasteiger partial charge in [0.25, 0.3) is 0 Å². The van der Waals surface area contributed by atoms with Crippen LogP contribution < -0.4 is 10.1 Å². The second-order valence-electron chi connectivity index (χ2n) is 5.57. The lowest BCUT2D eigenvalue weighted by molar-refractivity contribution is 0.223. The quantitative estimate of drug-likeness (QED) is 0.734. The van der Waals surface area contributed by atoms with Crippen LogP contribution in [0.15, 0.2) is 6.33 Å². The molecule has 0 saturated heterocycles. The molecule has 4 nitrogen and oxygen atoms in total. The summed E-state index contributed by atoms with van der Waals surface area (Å²) in [7, 11) is 1.88. The van der Waals surface area contributed by atoms with Crippen LogP contribution in [-0.2, 0) is 0 Å². The third-order valence-electron chi connectivity index (χ3n) is 3.66. The minimum atomic E-state index is 0.337. The van der Waals surface area contributed by atoms with Gasteiger partial charge in [-0.3, -0.25) is 0 Å². The summed E-state index contributed by atoms with van der Waals surface area (Å²) in [6, 6.07) is 0. The molecule has 1 rings (SSSR count). The van der Waals surface area contributed by atoms with E-state index in [0.29, 0.717) is 11.8 Å². The Morgan fingerprint density at radius 1 is 1.25 bits per heavy atom. The first-order chi connectivity index (χ1) is 9.63. The van der Waals surface area contributed by atoms with Crippen molar-refractivity contribution in [1.29, 1.82) is 0 Å². The molecule has 1 aromatic rings. The van der Waals surface area contributed by atoms with Crippen LogP contribution in [0.1, 0.15) is 64.9 Å². The first-order valence-corrected chi connectivity index (χ1v) is 7.79. The number of unbranched alkanes of at least 4 members (excludes halogenated alkanes) is 1. The van der Waals surface area contributed by atoms with Gasteiger partial charge < -0.3 is 10.1 Å². The molecule has 1 atom stereocenters. The number of nitrogens with zero attached hydrogens (tertiary/aromatic N) is 2. The second-order valence-corrected chi connectivity index (χ2v) is 5.57. The lowest BCUT2D eigenvalue weighted by Crippen LogP contribution is -2.14. The predicted molar refractivity (Wildman–Crippen MR) is 84.5 cm³/mol. The van der Waals surface area contributed by atoms with Gasteiger partial charge in [0.1, 0.15) is 12.1 Å². The van der Waals surface area contributed by atoms with Gasteiger partial charge in [-0.05, 0) is 18.3 Å². The van der Waals surface area contributed by atoms with Gasteiger partial charge in [0, 0.05) is 7.05 Å². The van der Waals surface area contributed by atoms with Gasteiger partial charge >= 0.3 is 0 Å². The Kier molecular flexibility index (Phi) is 7.34. The van der Waals surface area contributed by atoms with Crippen LogP contribution in [0.3, 0.4) is 0 Å². The van der Waals surface area contributed by atoms with Crippen LogP contribution in [0.5, 0.6) is 5.88 Å². The average Bonchev–Trinajstić information content (AvgIpc) is 2.46. The number of hydrogen-bond donors (Lipinski definition) is 1. The topological polar surface area (TPSA) is 47.0 Å². The van der Waals surface area contributed by atoms with E-state index >= 15 is 0 Å². The molecule has 0 spiro atoms. The maximum absolute atomic E-state index is 6.00. The highest BCUT2D eigenvalue weighted by atomic mass is 16.5. The van der Waals surface area contributed by atoms with E-state index in [-0.39, 0.29) is 0 Å². The molecule has 4 heteroatoms. The molecule has 0 saturated carbocycles. The summed E-state index contributed by atoms with van der Waals surface area (Å²) in [6.07, 6.45) is 6.46. The van der Waals surface area contributed by atoms with Crippen molar-refractivity contribution in [2.24, 2.45) is 5.92 Å². The Balaban J connectivity index is 2.76. The third kappa shape index (κ3) is 4.66. The molecule has 0 fully saturated rings. The van der Waals surface area contributed by atoms with Crippen LogP contribution in [0.4, 0.5) is 5.82 Å². The normalized spacial score (nSPS) is 12.5. The van der Waals surface area contributed by atoms with Gasteiger partial charge in [-0.15, -0.1) is 0 Å². The van der Waals surface area contributed by atoms with Gasteiger partial charge in [0.05, 0.1) is 12.2 Å². The zero-order chi connectivity index (χ0) is 15.0. The Labute approximate surface area is 123 Å². The third-order valence-corrected chi connectivity index (χ3v) is 3.66. The number of aromatic nitrogens is 2. The summed E-state index contributed by atoms with van der Waals surface area (Å²) >= 11 is 0. The summed E-state index contributed by atoms with van der Waals surface area (Å²) in [4.78, 5) is 8.60. The minimum absolute atomic E-state index is 0.337. The number of nitrogens with one attached hydrogen (secondary N) is 1. The summed E-state index contributed by atoms with van der Waals surface area (Å²) in [6.45, 7) is 9.48. The van der Waals surface area contributed by atoms with E-state index < -0.39 is 0 Å². The lowest BCUT2D eigenvalue weighted by Gasteiger charge is -2.19. The Morgan fingerprint density at radius 3 is 2.55 bits per heavy atom. The van der Waals surface area contributed by atoms with E-state index in [2.05, 4.69) is 43.0 Å². The Morgan fingerprint density at radius 2 is 2.00 bits per heavy atom. The van der Waals surface area contributed by atoms with Gasteiger partial charge in [0.15, 0.2) is 0 Å². The Bertz CT molecular complexity index is 393. The molecule has 114 valence electrons. The molecule has 0 bridgehead atoms. The Hall–Kier alpha value is -1.32. The molecule has 0 aliphatic heterocycles. The van der Waals surface area contributed by atoms with Crippen LogP contribution in [0, 0.1) is 5.92 Å². The molecule has 1 unspecified atom stereocenters. The molecular formula is C16H29N3O. The van der Waals surface area contributed by atoms with E-state index in [4.69, 9.17) is 4.74 Å². The molecule has 0 aromatic carbocycles. The van der Waals surface area contributed by atoms with Crippen molar-refractivity contribution in [1.82, 2.24) is 9.97 Å². The predicted octanol–water partition coefficient (Wildman–Crippen LogP) is 4.24. The molecule has 1 N–H and O–H groups in total. The van der Waals surface area contributed by atoms with Crippen LogP contribution in [0.25, 0.3) is 0 Å². The van der Waals surface area contributed by atoms with Crippen LogP contribution >= 0.6 is 0 Å². The standard InChI is InChI=1S/C16H29N3O/c1-6-8-9-13(7-2)10-20-16-14(12(3)4)15(17-5)18-11-19-16/h11-13H,6-10H2,1-5H3,(H,17,18,19). The molecule has 1 heterocycles. The molecule has 0 radical (unpaired) electrons. The van der Waals surface area contributed by atoms with Gasteiger partial charge in [0.2, 0.25) is 5.88 Å². The van der Waals surface area contributed by atoms with Crippen LogP contribution in [0.2, 0.25) is 0 Å². The highest BCUT2D eigenvalue weighted by molar-refractivity contribution is 5.50. The van der Waals surface area contributed by atoms with E-state index in [1.165, 1.54) is 19.3 Å². The SMILES string of the molecule is CCCCC(CC)COc1ncnc(NC)c1C(C)C. The zero-order valence-corrected chi connectivity index (χ0v) is 13.6. The van der Waals surface area contributed by atoms with Crippen molar-refractivity contribution in [3.05, 3.63) is 11.9 Å². The van der Waals surface area contributed by atoms with E-state index in [9.17, 15) is 0 Å². The lowest BCUT2D eigenvalue weighted by atomic mass is 10.0. The second kappa shape index (κ2) is 8.77. The summed E-state index contributed by atoms with van der Waals surface area (Å²) in [5.41, 5.74) is 1.07. The fourth-order valence-electron chi connectivity index (χ4n) is 2.31. The molecular weight excluding hydrogens is 250 g/mol. The largest absolute Gasteiger partial charge is 0.477 e. The molecule has 1 aromatic heterocycles. The van der Waals surface area contributed by atoms with Gasteiger partial charge in [-0.25, -0.2) is 9.97 Å². The van der Waals surface area contributed by atoms with Crippen molar-refractivity contribution >= 4 is 5.82 Å². The van der Waals surface area contributed by atoms with Crippen molar-refractivity contribution in [3.63, 3.8) is 0 Å².